The van der Waals surface area contributed by atoms with Crippen LogP contribution in [0.25, 0.3) is 0 Å². The standard InChI is InChI=1S/C16H24FN3O/c1-12(2)19(3)11-13-7-9-20(10-8-13)16(21)14-5-4-6-15(17)18-14/h4-6,12-13H,7-11H2,1-3H3. The minimum Gasteiger partial charge on any atom is -0.337 e. The molecule has 1 fully saturated rings. The van der Waals surface area contributed by atoms with Gasteiger partial charge in [-0.25, -0.2) is 4.98 Å². The van der Waals surface area contributed by atoms with Crippen molar-refractivity contribution in [1.29, 1.82) is 0 Å². The van der Waals surface area contributed by atoms with Crippen molar-refractivity contribution in [2.45, 2.75) is 32.7 Å². The number of amides is 1. The second-order valence-corrected chi connectivity index (χ2v) is 6.11. The van der Waals surface area contributed by atoms with Crippen LogP contribution in [-0.4, -0.2) is 53.4 Å². The number of nitrogens with zero attached hydrogens (tertiary/aromatic N) is 3. The first-order valence-electron chi connectivity index (χ1n) is 7.59. The summed E-state index contributed by atoms with van der Waals surface area (Å²) in [6.45, 7) is 6.90. The minimum absolute atomic E-state index is 0.162. The van der Waals surface area contributed by atoms with Gasteiger partial charge in [-0.1, -0.05) is 6.07 Å². The molecule has 0 saturated carbocycles. The van der Waals surface area contributed by atoms with Crippen molar-refractivity contribution in [2.75, 3.05) is 26.7 Å². The van der Waals surface area contributed by atoms with E-state index in [0.717, 1.165) is 32.5 Å². The van der Waals surface area contributed by atoms with Gasteiger partial charge in [-0.15, -0.1) is 0 Å². The van der Waals surface area contributed by atoms with Gasteiger partial charge in [0.15, 0.2) is 0 Å². The van der Waals surface area contributed by atoms with Crippen molar-refractivity contribution in [2.24, 2.45) is 5.92 Å². The number of carbonyl (C=O) groups excluding carboxylic acids is 1. The molecule has 0 spiro atoms. The summed E-state index contributed by atoms with van der Waals surface area (Å²) in [5.41, 5.74) is 0.202. The fourth-order valence-corrected chi connectivity index (χ4v) is 2.63. The highest BCUT2D eigenvalue weighted by molar-refractivity contribution is 5.92. The van der Waals surface area contributed by atoms with Crippen LogP contribution in [0.4, 0.5) is 4.39 Å². The average molecular weight is 293 g/mol. The van der Waals surface area contributed by atoms with Crippen molar-refractivity contribution in [3.05, 3.63) is 29.8 Å². The lowest BCUT2D eigenvalue weighted by Crippen LogP contribution is -2.42. The molecule has 1 amide bonds. The zero-order chi connectivity index (χ0) is 15.4. The van der Waals surface area contributed by atoms with Gasteiger partial charge < -0.3 is 9.80 Å². The molecule has 0 bridgehead atoms. The van der Waals surface area contributed by atoms with Crippen molar-refractivity contribution in [1.82, 2.24) is 14.8 Å². The fraction of sp³-hybridized carbons (Fsp3) is 0.625. The van der Waals surface area contributed by atoms with Crippen molar-refractivity contribution >= 4 is 5.91 Å². The Balaban J connectivity index is 1.87. The third-order valence-corrected chi connectivity index (χ3v) is 4.26. The Morgan fingerprint density at radius 2 is 2.10 bits per heavy atom. The highest BCUT2D eigenvalue weighted by Gasteiger charge is 2.25. The van der Waals surface area contributed by atoms with Gasteiger partial charge in [0, 0.05) is 25.7 Å². The number of rotatable bonds is 4. The Labute approximate surface area is 126 Å². The molecule has 2 heterocycles. The van der Waals surface area contributed by atoms with Crippen molar-refractivity contribution in [3.63, 3.8) is 0 Å². The largest absolute Gasteiger partial charge is 0.337 e. The monoisotopic (exact) mass is 293 g/mol. The molecule has 0 aromatic carbocycles. The van der Waals surface area contributed by atoms with E-state index in [0.29, 0.717) is 12.0 Å². The molecular weight excluding hydrogens is 269 g/mol. The van der Waals surface area contributed by atoms with E-state index in [4.69, 9.17) is 0 Å². The first-order valence-corrected chi connectivity index (χ1v) is 7.59. The maximum Gasteiger partial charge on any atom is 0.272 e. The maximum atomic E-state index is 13.1. The average Bonchev–Trinajstić information content (AvgIpc) is 2.47. The zero-order valence-electron chi connectivity index (χ0n) is 13.1. The molecule has 5 heteroatoms. The summed E-state index contributed by atoms with van der Waals surface area (Å²) in [5, 5.41) is 0. The van der Waals surface area contributed by atoms with E-state index >= 15 is 0 Å². The van der Waals surface area contributed by atoms with E-state index in [1.54, 1.807) is 11.0 Å². The Hall–Kier alpha value is -1.49. The normalized spacial score (nSPS) is 16.8. The van der Waals surface area contributed by atoms with Gasteiger partial charge in [-0.05, 0) is 51.8 Å². The van der Waals surface area contributed by atoms with Gasteiger partial charge in [0.1, 0.15) is 5.69 Å². The lowest BCUT2D eigenvalue weighted by molar-refractivity contribution is 0.0659. The number of aromatic nitrogens is 1. The molecule has 4 nitrogen and oxygen atoms in total. The molecule has 0 radical (unpaired) electrons. The Morgan fingerprint density at radius 1 is 1.43 bits per heavy atom. The first-order chi connectivity index (χ1) is 9.97. The summed E-state index contributed by atoms with van der Waals surface area (Å²) in [7, 11) is 2.14. The second-order valence-electron chi connectivity index (χ2n) is 6.11. The van der Waals surface area contributed by atoms with Crippen LogP contribution in [0.2, 0.25) is 0 Å². The minimum atomic E-state index is -0.603. The summed E-state index contributed by atoms with van der Waals surface area (Å²) in [4.78, 5) is 20.1. The molecule has 0 N–H and O–H groups in total. The van der Waals surface area contributed by atoms with Crippen LogP contribution in [0.3, 0.4) is 0 Å². The predicted molar refractivity (Wildman–Crippen MR) is 80.6 cm³/mol. The first kappa shape index (κ1) is 15.9. The quantitative estimate of drug-likeness (QED) is 0.800. The van der Waals surface area contributed by atoms with E-state index in [1.807, 2.05) is 0 Å². The SMILES string of the molecule is CC(C)N(C)CC1CCN(C(=O)c2cccc(F)n2)CC1. The summed E-state index contributed by atoms with van der Waals surface area (Å²) >= 11 is 0. The fourth-order valence-electron chi connectivity index (χ4n) is 2.63. The van der Waals surface area contributed by atoms with E-state index in [-0.39, 0.29) is 11.6 Å². The van der Waals surface area contributed by atoms with Gasteiger partial charge in [0.2, 0.25) is 5.95 Å². The topological polar surface area (TPSA) is 36.4 Å². The molecule has 1 aromatic rings. The van der Waals surface area contributed by atoms with E-state index in [9.17, 15) is 9.18 Å². The van der Waals surface area contributed by atoms with Crippen LogP contribution in [0.1, 0.15) is 37.2 Å². The van der Waals surface area contributed by atoms with Crippen LogP contribution in [0.15, 0.2) is 18.2 Å². The van der Waals surface area contributed by atoms with Crippen LogP contribution < -0.4 is 0 Å². The molecule has 0 atom stereocenters. The molecule has 1 aromatic heterocycles. The highest BCUT2D eigenvalue weighted by atomic mass is 19.1. The summed E-state index contributed by atoms with van der Waals surface area (Å²) in [6, 6.07) is 4.90. The van der Waals surface area contributed by atoms with Gasteiger partial charge >= 0.3 is 0 Å². The predicted octanol–water partition coefficient (Wildman–Crippen LogP) is 2.41. The van der Waals surface area contributed by atoms with Gasteiger partial charge in [0.05, 0.1) is 0 Å². The van der Waals surface area contributed by atoms with Gasteiger partial charge in [-0.2, -0.15) is 4.39 Å². The number of carbonyl (C=O) groups is 1. The number of hydrogen-bond donors (Lipinski definition) is 0. The Kier molecular flexibility index (Phi) is 5.28. The lowest BCUT2D eigenvalue weighted by Gasteiger charge is -2.34. The third kappa shape index (κ3) is 4.24. The number of likely N-dealkylation sites (tertiary alicyclic amines) is 1. The molecule has 21 heavy (non-hydrogen) atoms. The van der Waals surface area contributed by atoms with Crippen LogP contribution >= 0.6 is 0 Å². The molecule has 2 rings (SSSR count). The maximum absolute atomic E-state index is 13.1. The molecule has 116 valence electrons. The third-order valence-electron chi connectivity index (χ3n) is 4.26. The zero-order valence-corrected chi connectivity index (χ0v) is 13.1. The molecule has 1 aliphatic rings. The second kappa shape index (κ2) is 6.98. The van der Waals surface area contributed by atoms with Crippen LogP contribution in [0, 0.1) is 11.9 Å². The smallest absolute Gasteiger partial charge is 0.272 e. The number of piperidine rings is 1. The molecule has 1 saturated heterocycles. The highest BCUT2D eigenvalue weighted by Crippen LogP contribution is 2.20. The molecular formula is C16H24FN3O. The van der Waals surface area contributed by atoms with Crippen molar-refractivity contribution in [3.8, 4) is 0 Å². The Bertz CT molecular complexity index is 484. The number of halogens is 1. The van der Waals surface area contributed by atoms with Crippen molar-refractivity contribution < 1.29 is 9.18 Å². The van der Waals surface area contributed by atoms with E-state index in [2.05, 4.69) is 30.8 Å². The summed E-state index contributed by atoms with van der Waals surface area (Å²) < 4.78 is 13.1. The Morgan fingerprint density at radius 3 is 2.67 bits per heavy atom. The number of pyridine rings is 1. The van der Waals surface area contributed by atoms with E-state index in [1.165, 1.54) is 12.1 Å². The number of hydrogen-bond acceptors (Lipinski definition) is 3. The molecule has 1 aliphatic heterocycles. The van der Waals surface area contributed by atoms with Crippen LogP contribution in [0.5, 0.6) is 0 Å². The van der Waals surface area contributed by atoms with Gasteiger partial charge in [-0.3, -0.25) is 4.79 Å². The van der Waals surface area contributed by atoms with E-state index < -0.39 is 5.95 Å². The molecule has 0 aliphatic carbocycles. The summed E-state index contributed by atoms with van der Waals surface area (Å²) in [5.74, 6) is -0.138. The van der Waals surface area contributed by atoms with Crippen LogP contribution in [-0.2, 0) is 0 Å². The lowest BCUT2D eigenvalue weighted by atomic mass is 9.95. The van der Waals surface area contributed by atoms with Gasteiger partial charge in [0.25, 0.3) is 5.91 Å². The molecule has 0 unspecified atom stereocenters. The summed E-state index contributed by atoms with van der Waals surface area (Å²) in [6.07, 6.45) is 2.00.